The van der Waals surface area contributed by atoms with Crippen molar-refractivity contribution in [1.29, 1.82) is 0 Å². The van der Waals surface area contributed by atoms with Crippen molar-refractivity contribution in [2.45, 2.75) is 63.7 Å². The molecular weight excluding hydrogens is 589 g/mol. The van der Waals surface area contributed by atoms with Crippen molar-refractivity contribution >= 4 is 20.4 Å². The summed E-state index contributed by atoms with van der Waals surface area (Å²) in [4.78, 5) is 24.4. The number of ether oxygens (including phenoxy) is 2. The Bertz CT molecular complexity index is 1160. The standard InChI is InChI=1S/C28H33F6N2O5P/c1-5-39-23(37)14-13-22(17-24(38)40-6-2)41-42-35(3)25(18-9-7-11-20(15-18)27(29,30)31)26(36(42)4)19-10-8-12-21(16-19)28(32,33)34/h7-12,15-16,22,25-26H,5-6,13-14,17H2,1-4H3/t22-,25+,26+/m0/s1. The lowest BCUT2D eigenvalue weighted by atomic mass is 9.91. The topological polar surface area (TPSA) is 68.3 Å². The summed E-state index contributed by atoms with van der Waals surface area (Å²) >= 11 is 0. The Morgan fingerprint density at radius 3 is 1.69 bits per heavy atom. The van der Waals surface area contributed by atoms with Gasteiger partial charge in [-0.25, -0.2) is 9.34 Å². The molecule has 42 heavy (non-hydrogen) atoms. The second kappa shape index (κ2) is 14.2. The molecule has 0 bridgehead atoms. The number of carbonyl (C=O) groups is 2. The van der Waals surface area contributed by atoms with Crippen LogP contribution in [0.5, 0.6) is 0 Å². The molecule has 3 atom stereocenters. The smallest absolute Gasteiger partial charge is 0.416 e. The van der Waals surface area contributed by atoms with Gasteiger partial charge in [-0.1, -0.05) is 24.3 Å². The Kier molecular flexibility index (Phi) is 11.4. The van der Waals surface area contributed by atoms with Crippen molar-refractivity contribution in [2.75, 3.05) is 27.3 Å². The van der Waals surface area contributed by atoms with E-state index in [0.29, 0.717) is 0 Å². The quantitative estimate of drug-likeness (QED) is 0.148. The molecule has 0 amide bonds. The lowest BCUT2D eigenvalue weighted by Gasteiger charge is -2.29. The maximum absolute atomic E-state index is 13.6. The second-order valence-corrected chi connectivity index (χ2v) is 11.6. The van der Waals surface area contributed by atoms with E-state index in [-0.39, 0.29) is 43.6 Å². The Morgan fingerprint density at radius 1 is 0.810 bits per heavy atom. The number of hydrogen-bond donors (Lipinski definition) is 0. The third-order valence-electron chi connectivity index (χ3n) is 6.67. The predicted octanol–water partition coefficient (Wildman–Crippen LogP) is 7.29. The van der Waals surface area contributed by atoms with E-state index in [9.17, 15) is 35.9 Å². The summed E-state index contributed by atoms with van der Waals surface area (Å²) in [6, 6.07) is 7.58. The molecule has 0 aromatic heterocycles. The average molecular weight is 623 g/mol. The Hall–Kier alpha value is -2.73. The number of carbonyl (C=O) groups excluding carboxylic acids is 2. The molecule has 1 aliphatic rings. The summed E-state index contributed by atoms with van der Waals surface area (Å²) in [5.41, 5.74) is -1.34. The minimum atomic E-state index is -4.64. The molecule has 0 saturated carbocycles. The van der Waals surface area contributed by atoms with Crippen LogP contribution in [-0.2, 0) is 35.9 Å². The summed E-state index contributed by atoms with van der Waals surface area (Å²) in [7, 11) is 1.37. The first-order valence-corrected chi connectivity index (χ1v) is 14.4. The highest BCUT2D eigenvalue weighted by molar-refractivity contribution is 7.47. The molecule has 2 aromatic rings. The highest BCUT2D eigenvalue weighted by atomic mass is 31.2. The van der Waals surface area contributed by atoms with Gasteiger partial charge in [-0.15, -0.1) is 0 Å². The molecule has 7 nitrogen and oxygen atoms in total. The molecule has 14 heteroatoms. The number of alkyl halides is 6. The number of hydrogen-bond acceptors (Lipinski definition) is 7. The first-order chi connectivity index (χ1) is 19.7. The van der Waals surface area contributed by atoms with Gasteiger partial charge in [-0.05, 0) is 69.8 Å². The van der Waals surface area contributed by atoms with E-state index in [1.54, 1.807) is 37.3 Å². The van der Waals surface area contributed by atoms with Gasteiger partial charge in [0.1, 0.15) is 0 Å². The van der Waals surface area contributed by atoms with E-state index in [0.717, 1.165) is 24.3 Å². The molecule has 1 heterocycles. The maximum atomic E-state index is 13.6. The van der Waals surface area contributed by atoms with Gasteiger partial charge in [0.15, 0.2) is 8.45 Å². The van der Waals surface area contributed by atoms with Crippen LogP contribution in [0, 0.1) is 0 Å². The molecule has 0 aliphatic carbocycles. The van der Waals surface area contributed by atoms with Gasteiger partial charge in [0.25, 0.3) is 0 Å². The molecule has 232 valence electrons. The lowest BCUT2D eigenvalue weighted by Crippen LogP contribution is -2.23. The zero-order valence-electron chi connectivity index (χ0n) is 23.5. The Labute approximate surface area is 241 Å². The van der Waals surface area contributed by atoms with Crippen molar-refractivity contribution in [3.8, 4) is 0 Å². The fraction of sp³-hybridized carbons (Fsp3) is 0.500. The van der Waals surface area contributed by atoms with E-state index in [2.05, 4.69) is 0 Å². The van der Waals surface area contributed by atoms with Crippen LogP contribution in [0.4, 0.5) is 26.3 Å². The molecule has 2 aromatic carbocycles. The van der Waals surface area contributed by atoms with Gasteiger partial charge in [0, 0.05) is 6.42 Å². The average Bonchev–Trinajstić information content (AvgIpc) is 3.16. The molecule has 1 saturated heterocycles. The van der Waals surface area contributed by atoms with E-state index in [1.807, 2.05) is 0 Å². The molecule has 0 N–H and O–H groups in total. The van der Waals surface area contributed by atoms with E-state index >= 15 is 0 Å². The molecule has 0 radical (unpaired) electrons. The van der Waals surface area contributed by atoms with Crippen molar-refractivity contribution in [1.82, 2.24) is 9.34 Å². The van der Waals surface area contributed by atoms with Gasteiger partial charge in [-0.3, -0.25) is 9.59 Å². The van der Waals surface area contributed by atoms with Crippen LogP contribution in [-0.4, -0.2) is 54.7 Å². The highest BCUT2D eigenvalue weighted by Crippen LogP contribution is 2.64. The van der Waals surface area contributed by atoms with Crippen molar-refractivity contribution in [2.24, 2.45) is 0 Å². The summed E-state index contributed by atoms with van der Waals surface area (Å²) in [6.45, 7) is 3.57. The minimum absolute atomic E-state index is 0.0668. The molecule has 3 rings (SSSR count). The van der Waals surface area contributed by atoms with Gasteiger partial charge in [0.05, 0.1) is 48.9 Å². The maximum Gasteiger partial charge on any atom is 0.416 e. The third kappa shape index (κ3) is 8.43. The first-order valence-electron chi connectivity index (χ1n) is 13.2. The number of halogens is 6. The molecule has 1 fully saturated rings. The molecule has 0 unspecified atom stereocenters. The van der Waals surface area contributed by atoms with Crippen LogP contribution in [0.3, 0.4) is 0 Å². The van der Waals surface area contributed by atoms with Gasteiger partial charge < -0.3 is 14.0 Å². The summed E-state index contributed by atoms with van der Waals surface area (Å²) < 4.78 is 101. The van der Waals surface area contributed by atoms with E-state index in [1.165, 1.54) is 24.3 Å². The van der Waals surface area contributed by atoms with Crippen molar-refractivity contribution in [3.63, 3.8) is 0 Å². The molecule has 0 spiro atoms. The normalized spacial score (nSPS) is 19.6. The molecular formula is C28H33F6N2O5P. The van der Waals surface area contributed by atoms with Gasteiger partial charge in [-0.2, -0.15) is 26.3 Å². The number of nitrogens with zero attached hydrogens (tertiary/aromatic N) is 2. The first kappa shape index (κ1) is 33.8. The predicted molar refractivity (Wildman–Crippen MR) is 143 cm³/mol. The summed E-state index contributed by atoms with van der Waals surface area (Å²) in [6.07, 6.45) is -10.3. The highest BCUT2D eigenvalue weighted by Gasteiger charge is 2.48. The van der Waals surface area contributed by atoms with Crippen molar-refractivity contribution < 1.29 is 49.9 Å². The van der Waals surface area contributed by atoms with Crippen LogP contribution < -0.4 is 0 Å². The van der Waals surface area contributed by atoms with E-state index in [4.69, 9.17) is 14.0 Å². The SMILES string of the molecule is CCOC(=O)CC[C@@H](CC(=O)OCC)OP1N(C)[C@H](c2cccc(C(F)(F)F)c2)[C@@H](c2cccc(C(F)(F)F)c2)N1C. The minimum Gasteiger partial charge on any atom is -0.466 e. The van der Waals surface area contributed by atoms with Crippen LogP contribution in [0.1, 0.15) is 67.4 Å². The number of likely N-dealkylation sites (N-methyl/N-ethyl adjacent to an activating group) is 2. The van der Waals surface area contributed by atoms with Crippen LogP contribution in [0.2, 0.25) is 0 Å². The van der Waals surface area contributed by atoms with Crippen LogP contribution in [0.25, 0.3) is 0 Å². The summed E-state index contributed by atoms with van der Waals surface area (Å²) in [5.74, 6) is -1.07. The Morgan fingerprint density at radius 2 is 1.26 bits per heavy atom. The van der Waals surface area contributed by atoms with Gasteiger partial charge in [0.2, 0.25) is 0 Å². The number of benzene rings is 2. The largest absolute Gasteiger partial charge is 0.466 e. The summed E-state index contributed by atoms with van der Waals surface area (Å²) in [5, 5.41) is 0. The van der Waals surface area contributed by atoms with Crippen molar-refractivity contribution in [3.05, 3.63) is 70.8 Å². The lowest BCUT2D eigenvalue weighted by molar-refractivity contribution is -0.147. The van der Waals surface area contributed by atoms with Gasteiger partial charge >= 0.3 is 24.3 Å². The second-order valence-electron chi connectivity index (χ2n) is 9.62. The van der Waals surface area contributed by atoms with E-state index < -0.39 is 62.1 Å². The third-order valence-corrected chi connectivity index (χ3v) is 8.74. The number of rotatable bonds is 11. The monoisotopic (exact) mass is 622 g/mol. The Balaban J connectivity index is 2.04. The van der Waals surface area contributed by atoms with Crippen LogP contribution in [0.15, 0.2) is 48.5 Å². The fourth-order valence-corrected chi connectivity index (χ4v) is 6.96. The zero-order valence-corrected chi connectivity index (χ0v) is 24.4. The molecule has 1 aliphatic heterocycles. The van der Waals surface area contributed by atoms with Crippen LogP contribution >= 0.6 is 8.45 Å². The number of esters is 2. The zero-order chi connectivity index (χ0) is 31.2. The fourth-order valence-electron chi connectivity index (χ4n) is 4.83.